The van der Waals surface area contributed by atoms with Crippen molar-refractivity contribution in [1.29, 1.82) is 0 Å². The summed E-state index contributed by atoms with van der Waals surface area (Å²) in [7, 11) is -3.04. The van der Waals surface area contributed by atoms with Crippen LogP contribution in [0.5, 0.6) is 0 Å². The number of hydrogen-bond acceptors (Lipinski definition) is 3. The zero-order valence-electron chi connectivity index (χ0n) is 9.77. The Balaban J connectivity index is 1.91. The molecule has 2 saturated carbocycles. The van der Waals surface area contributed by atoms with Crippen LogP contribution in [0.4, 0.5) is 0 Å². The van der Waals surface area contributed by atoms with Gasteiger partial charge in [0.1, 0.15) is 0 Å². The van der Waals surface area contributed by atoms with Gasteiger partial charge in [-0.25, -0.2) is 12.7 Å². The zero-order valence-corrected chi connectivity index (χ0v) is 10.6. The zero-order chi connectivity index (χ0) is 11.6. The summed E-state index contributed by atoms with van der Waals surface area (Å²) in [5.41, 5.74) is 5.38. The molecule has 0 aromatic heterocycles. The van der Waals surface area contributed by atoms with E-state index in [0.29, 0.717) is 24.8 Å². The highest BCUT2D eigenvalue weighted by molar-refractivity contribution is 7.89. The number of nitrogens with two attached hydrogens (primary N) is 1. The highest BCUT2D eigenvalue weighted by Gasteiger charge is 2.34. The third-order valence-electron chi connectivity index (χ3n) is 3.32. The van der Waals surface area contributed by atoms with E-state index in [1.54, 1.807) is 4.31 Å². The van der Waals surface area contributed by atoms with Crippen molar-refractivity contribution in [3.05, 3.63) is 0 Å². The maximum Gasteiger partial charge on any atom is 0.214 e. The first-order chi connectivity index (χ1) is 7.62. The van der Waals surface area contributed by atoms with Crippen molar-refractivity contribution >= 4 is 10.0 Å². The van der Waals surface area contributed by atoms with Gasteiger partial charge in [0.15, 0.2) is 0 Å². The molecule has 2 aliphatic carbocycles. The molecule has 2 rings (SSSR count). The molecule has 2 aliphatic rings. The molecule has 94 valence electrons. The first-order valence-electron chi connectivity index (χ1n) is 6.29. The molecule has 0 amide bonds. The summed E-state index contributed by atoms with van der Waals surface area (Å²) in [5, 5.41) is 0. The van der Waals surface area contributed by atoms with Gasteiger partial charge in [0.25, 0.3) is 0 Å². The number of nitrogens with zero attached hydrogens (tertiary/aromatic N) is 1. The average Bonchev–Trinajstić information content (AvgIpc) is 3.07. The molecule has 16 heavy (non-hydrogen) atoms. The Kier molecular flexibility index (Phi) is 3.87. The van der Waals surface area contributed by atoms with E-state index in [4.69, 9.17) is 5.73 Å². The molecule has 0 spiro atoms. The number of hydrogen-bond donors (Lipinski definition) is 1. The van der Waals surface area contributed by atoms with Crippen molar-refractivity contribution in [1.82, 2.24) is 4.31 Å². The summed E-state index contributed by atoms with van der Waals surface area (Å²) in [4.78, 5) is 0. The largest absolute Gasteiger partial charge is 0.330 e. The van der Waals surface area contributed by atoms with Gasteiger partial charge < -0.3 is 5.73 Å². The fourth-order valence-electron chi connectivity index (χ4n) is 1.87. The van der Waals surface area contributed by atoms with Crippen LogP contribution in [0.25, 0.3) is 0 Å². The van der Waals surface area contributed by atoms with Crippen molar-refractivity contribution in [3.63, 3.8) is 0 Å². The normalized spacial score (nSPS) is 21.6. The summed E-state index contributed by atoms with van der Waals surface area (Å²) < 4.78 is 25.9. The monoisotopic (exact) mass is 246 g/mol. The molecule has 0 saturated heterocycles. The summed E-state index contributed by atoms with van der Waals surface area (Å²) >= 11 is 0. The van der Waals surface area contributed by atoms with Crippen molar-refractivity contribution in [2.75, 3.05) is 25.4 Å². The van der Waals surface area contributed by atoms with Crippen LogP contribution in [-0.4, -0.2) is 38.1 Å². The Morgan fingerprint density at radius 2 is 1.56 bits per heavy atom. The lowest BCUT2D eigenvalue weighted by Crippen LogP contribution is -2.36. The van der Waals surface area contributed by atoms with Crippen molar-refractivity contribution in [2.24, 2.45) is 17.6 Å². The molecular weight excluding hydrogens is 224 g/mol. The second kappa shape index (κ2) is 5.02. The first kappa shape index (κ1) is 12.3. The van der Waals surface area contributed by atoms with E-state index in [9.17, 15) is 8.42 Å². The smallest absolute Gasteiger partial charge is 0.214 e. The molecule has 0 aromatic carbocycles. The van der Waals surface area contributed by atoms with Crippen molar-refractivity contribution < 1.29 is 8.42 Å². The molecule has 2 N–H and O–H groups in total. The summed E-state index contributed by atoms with van der Waals surface area (Å²) in [6.07, 6.45) is 5.39. The highest BCUT2D eigenvalue weighted by atomic mass is 32.2. The van der Waals surface area contributed by atoms with Crippen LogP contribution in [0, 0.1) is 11.8 Å². The highest BCUT2D eigenvalue weighted by Crippen LogP contribution is 2.34. The molecule has 0 atom stereocenters. The van der Waals surface area contributed by atoms with Crippen LogP contribution < -0.4 is 5.73 Å². The summed E-state index contributed by atoms with van der Waals surface area (Å²) in [6, 6.07) is 0. The predicted molar refractivity (Wildman–Crippen MR) is 64.5 cm³/mol. The van der Waals surface area contributed by atoms with Gasteiger partial charge in [0, 0.05) is 13.1 Å². The minimum Gasteiger partial charge on any atom is -0.330 e. The SMILES string of the molecule is NCCCS(=O)(=O)N(CC1CC1)CC1CC1. The van der Waals surface area contributed by atoms with Gasteiger partial charge in [-0.2, -0.15) is 0 Å². The van der Waals surface area contributed by atoms with Gasteiger partial charge >= 0.3 is 0 Å². The first-order valence-corrected chi connectivity index (χ1v) is 7.90. The van der Waals surface area contributed by atoms with Gasteiger partial charge in [-0.3, -0.25) is 0 Å². The average molecular weight is 246 g/mol. The molecule has 2 fully saturated rings. The third-order valence-corrected chi connectivity index (χ3v) is 5.21. The van der Waals surface area contributed by atoms with E-state index in [-0.39, 0.29) is 5.75 Å². The minimum atomic E-state index is -3.04. The van der Waals surface area contributed by atoms with E-state index < -0.39 is 10.0 Å². The Labute approximate surface area is 98.2 Å². The molecule has 0 unspecified atom stereocenters. The van der Waals surface area contributed by atoms with Gasteiger partial charge in [-0.05, 0) is 50.5 Å². The summed E-state index contributed by atoms with van der Waals surface area (Å²) in [6.45, 7) is 1.97. The van der Waals surface area contributed by atoms with E-state index in [1.165, 1.54) is 25.7 Å². The maximum absolute atomic E-state index is 12.1. The molecule has 0 bridgehead atoms. The second-order valence-electron chi connectivity index (χ2n) is 5.16. The quantitative estimate of drug-likeness (QED) is 0.688. The van der Waals surface area contributed by atoms with Gasteiger partial charge in [0.05, 0.1) is 5.75 Å². The molecule has 0 aliphatic heterocycles. The Morgan fingerprint density at radius 3 is 1.94 bits per heavy atom. The Bertz CT molecular complexity index is 307. The van der Waals surface area contributed by atoms with Crippen molar-refractivity contribution in [3.8, 4) is 0 Å². The van der Waals surface area contributed by atoms with Crippen LogP contribution in [0.1, 0.15) is 32.1 Å². The van der Waals surface area contributed by atoms with Crippen LogP contribution in [-0.2, 0) is 10.0 Å². The van der Waals surface area contributed by atoms with Gasteiger partial charge in [0.2, 0.25) is 10.0 Å². The number of sulfonamides is 1. The van der Waals surface area contributed by atoms with Crippen LogP contribution in [0.3, 0.4) is 0 Å². The van der Waals surface area contributed by atoms with E-state index >= 15 is 0 Å². The van der Waals surface area contributed by atoms with Crippen LogP contribution in [0.2, 0.25) is 0 Å². The van der Waals surface area contributed by atoms with Crippen molar-refractivity contribution in [2.45, 2.75) is 32.1 Å². The van der Waals surface area contributed by atoms with E-state index in [2.05, 4.69) is 0 Å². The molecule has 5 heteroatoms. The lowest BCUT2D eigenvalue weighted by atomic mass is 10.4. The fourth-order valence-corrected chi connectivity index (χ4v) is 3.54. The fraction of sp³-hybridized carbons (Fsp3) is 1.00. The summed E-state index contributed by atoms with van der Waals surface area (Å²) in [5.74, 6) is 1.49. The number of rotatable bonds is 8. The van der Waals surface area contributed by atoms with E-state index in [1.807, 2.05) is 0 Å². The van der Waals surface area contributed by atoms with Gasteiger partial charge in [-0.1, -0.05) is 0 Å². The molecule has 0 radical (unpaired) electrons. The second-order valence-corrected chi connectivity index (χ2v) is 7.25. The molecule has 0 heterocycles. The maximum atomic E-state index is 12.1. The van der Waals surface area contributed by atoms with Crippen LogP contribution >= 0.6 is 0 Å². The molecular formula is C11H22N2O2S. The lowest BCUT2D eigenvalue weighted by molar-refractivity contribution is 0.381. The third kappa shape index (κ3) is 3.71. The molecule has 0 aromatic rings. The Hall–Kier alpha value is -0.130. The van der Waals surface area contributed by atoms with Crippen LogP contribution in [0.15, 0.2) is 0 Å². The standard InChI is InChI=1S/C11H22N2O2S/c12-6-1-7-16(14,15)13(8-10-2-3-10)9-11-4-5-11/h10-11H,1-9,12H2. The van der Waals surface area contributed by atoms with Gasteiger partial charge in [-0.15, -0.1) is 0 Å². The lowest BCUT2D eigenvalue weighted by Gasteiger charge is -2.21. The predicted octanol–water partition coefficient (Wildman–Crippen LogP) is 0.787. The topological polar surface area (TPSA) is 63.4 Å². The minimum absolute atomic E-state index is 0.225. The van der Waals surface area contributed by atoms with E-state index in [0.717, 1.165) is 13.1 Å². The molecule has 4 nitrogen and oxygen atoms in total. The Morgan fingerprint density at radius 1 is 1.06 bits per heavy atom.